The van der Waals surface area contributed by atoms with Crippen molar-refractivity contribution in [1.82, 2.24) is 20.4 Å². The maximum atomic E-state index is 12.7. The van der Waals surface area contributed by atoms with E-state index in [4.69, 9.17) is 4.74 Å². The van der Waals surface area contributed by atoms with E-state index in [9.17, 15) is 13.2 Å². The third-order valence-corrected chi connectivity index (χ3v) is 6.48. The lowest BCUT2D eigenvalue weighted by molar-refractivity contribution is -0.137. The predicted molar refractivity (Wildman–Crippen MR) is 114 cm³/mol. The SMILES string of the molecule is CN=C(NCC1CN2CCCC2CO1)NC1CCN(Cc2ccc(C(F)(F)F)cc2)C1. The summed E-state index contributed by atoms with van der Waals surface area (Å²) < 4.78 is 44.2. The summed E-state index contributed by atoms with van der Waals surface area (Å²) in [4.78, 5) is 9.13. The van der Waals surface area contributed by atoms with E-state index in [1.807, 2.05) is 0 Å². The molecule has 2 N–H and O–H groups in total. The van der Waals surface area contributed by atoms with Crippen molar-refractivity contribution in [2.75, 3.05) is 46.4 Å². The van der Waals surface area contributed by atoms with E-state index in [1.165, 1.54) is 19.4 Å². The zero-order valence-electron chi connectivity index (χ0n) is 18.0. The highest BCUT2D eigenvalue weighted by Crippen LogP contribution is 2.29. The Bertz CT molecular complexity index is 755. The van der Waals surface area contributed by atoms with Crippen molar-refractivity contribution in [2.24, 2.45) is 4.99 Å². The minimum atomic E-state index is -4.29. The summed E-state index contributed by atoms with van der Waals surface area (Å²) in [5.74, 6) is 0.772. The van der Waals surface area contributed by atoms with Crippen LogP contribution in [0, 0.1) is 0 Å². The average molecular weight is 440 g/mol. The summed E-state index contributed by atoms with van der Waals surface area (Å²) >= 11 is 0. The Hall–Kier alpha value is -1.84. The van der Waals surface area contributed by atoms with E-state index in [0.29, 0.717) is 12.6 Å². The molecule has 0 spiro atoms. The number of hydrogen-bond donors (Lipinski definition) is 2. The first kappa shape index (κ1) is 22.4. The molecule has 0 bridgehead atoms. The van der Waals surface area contributed by atoms with Crippen LogP contribution in [0.2, 0.25) is 0 Å². The van der Waals surface area contributed by atoms with Crippen LogP contribution in [-0.4, -0.2) is 80.3 Å². The molecule has 0 amide bonds. The molecule has 3 atom stereocenters. The van der Waals surface area contributed by atoms with Crippen molar-refractivity contribution in [2.45, 2.75) is 50.2 Å². The number of likely N-dealkylation sites (tertiary alicyclic amines) is 1. The molecule has 1 aromatic carbocycles. The minimum Gasteiger partial charge on any atom is -0.373 e. The second-order valence-corrected chi connectivity index (χ2v) is 8.76. The molecule has 1 aromatic rings. The fourth-order valence-corrected chi connectivity index (χ4v) is 4.76. The highest BCUT2D eigenvalue weighted by molar-refractivity contribution is 5.80. The van der Waals surface area contributed by atoms with Gasteiger partial charge >= 0.3 is 6.18 Å². The molecular weight excluding hydrogens is 407 g/mol. The summed E-state index contributed by atoms with van der Waals surface area (Å²) in [6.07, 6.45) is -0.636. The molecule has 0 radical (unpaired) electrons. The largest absolute Gasteiger partial charge is 0.416 e. The molecule has 3 unspecified atom stereocenters. The molecule has 3 fully saturated rings. The van der Waals surface area contributed by atoms with E-state index in [2.05, 4.69) is 25.4 Å². The van der Waals surface area contributed by atoms with Gasteiger partial charge in [-0.2, -0.15) is 13.2 Å². The van der Waals surface area contributed by atoms with Gasteiger partial charge in [0, 0.05) is 51.9 Å². The van der Waals surface area contributed by atoms with E-state index >= 15 is 0 Å². The van der Waals surface area contributed by atoms with Crippen molar-refractivity contribution >= 4 is 5.96 Å². The van der Waals surface area contributed by atoms with Crippen LogP contribution in [0.5, 0.6) is 0 Å². The Morgan fingerprint density at radius 3 is 2.71 bits per heavy atom. The maximum Gasteiger partial charge on any atom is 0.416 e. The minimum absolute atomic E-state index is 0.174. The van der Waals surface area contributed by atoms with Crippen LogP contribution < -0.4 is 10.6 Å². The number of nitrogens with one attached hydrogen (secondary N) is 2. The van der Waals surface area contributed by atoms with Gasteiger partial charge in [-0.25, -0.2) is 0 Å². The molecule has 3 aliphatic rings. The number of nitrogens with zero attached hydrogens (tertiary/aromatic N) is 3. The Morgan fingerprint density at radius 1 is 1.16 bits per heavy atom. The molecule has 172 valence electrons. The Kier molecular flexibility index (Phi) is 7.03. The van der Waals surface area contributed by atoms with Crippen LogP contribution in [-0.2, 0) is 17.5 Å². The molecule has 0 aliphatic carbocycles. The van der Waals surface area contributed by atoms with E-state index in [0.717, 1.165) is 62.9 Å². The lowest BCUT2D eigenvalue weighted by atomic mass is 10.1. The zero-order chi connectivity index (χ0) is 21.8. The fraction of sp³-hybridized carbons (Fsp3) is 0.682. The number of ether oxygens (including phenoxy) is 1. The monoisotopic (exact) mass is 439 g/mol. The van der Waals surface area contributed by atoms with Crippen LogP contribution in [0.1, 0.15) is 30.4 Å². The van der Waals surface area contributed by atoms with Crippen molar-refractivity contribution in [3.05, 3.63) is 35.4 Å². The molecule has 3 heterocycles. The third kappa shape index (κ3) is 5.90. The lowest BCUT2D eigenvalue weighted by Gasteiger charge is -2.35. The summed E-state index contributed by atoms with van der Waals surface area (Å²) in [6, 6.07) is 6.31. The van der Waals surface area contributed by atoms with E-state index < -0.39 is 11.7 Å². The topological polar surface area (TPSA) is 52.1 Å². The van der Waals surface area contributed by atoms with Gasteiger partial charge in [0.25, 0.3) is 0 Å². The van der Waals surface area contributed by atoms with Crippen LogP contribution >= 0.6 is 0 Å². The first-order chi connectivity index (χ1) is 14.9. The summed E-state index contributed by atoms with van der Waals surface area (Å²) in [5.41, 5.74) is 0.292. The molecule has 0 saturated carbocycles. The summed E-state index contributed by atoms with van der Waals surface area (Å²) in [7, 11) is 1.77. The molecule has 4 rings (SSSR count). The van der Waals surface area contributed by atoms with Crippen molar-refractivity contribution in [3.8, 4) is 0 Å². The number of alkyl halides is 3. The predicted octanol–water partition coefficient (Wildman–Crippen LogP) is 2.31. The van der Waals surface area contributed by atoms with Gasteiger partial charge in [-0.05, 0) is 43.5 Å². The number of rotatable bonds is 5. The molecule has 31 heavy (non-hydrogen) atoms. The Morgan fingerprint density at radius 2 is 1.97 bits per heavy atom. The molecular formula is C22H32F3N5O. The molecule has 6 nitrogen and oxygen atoms in total. The standard InChI is InChI=1S/C22H32F3N5O/c1-26-21(27-11-20-14-30-9-2-3-19(30)15-31-20)28-18-8-10-29(13-18)12-16-4-6-17(7-5-16)22(23,24)25/h4-7,18-20H,2-3,8-15H2,1H3,(H2,26,27,28). The molecule has 3 aliphatic heterocycles. The number of aliphatic imine (C=N–C) groups is 1. The average Bonchev–Trinajstić information content (AvgIpc) is 3.39. The first-order valence-corrected chi connectivity index (χ1v) is 11.1. The van der Waals surface area contributed by atoms with Crippen LogP contribution in [0.25, 0.3) is 0 Å². The number of fused-ring (bicyclic) bond motifs is 1. The number of benzene rings is 1. The van der Waals surface area contributed by atoms with Crippen LogP contribution in [0.3, 0.4) is 0 Å². The first-order valence-electron chi connectivity index (χ1n) is 11.1. The maximum absolute atomic E-state index is 12.7. The van der Waals surface area contributed by atoms with Gasteiger partial charge in [-0.1, -0.05) is 12.1 Å². The number of guanidine groups is 1. The van der Waals surface area contributed by atoms with Gasteiger partial charge in [0.05, 0.1) is 18.3 Å². The lowest BCUT2D eigenvalue weighted by Crippen LogP contribution is -2.52. The van der Waals surface area contributed by atoms with Gasteiger partial charge in [-0.15, -0.1) is 0 Å². The fourth-order valence-electron chi connectivity index (χ4n) is 4.76. The normalized spacial score (nSPS) is 28.0. The van der Waals surface area contributed by atoms with Gasteiger partial charge in [0.2, 0.25) is 0 Å². The van der Waals surface area contributed by atoms with Crippen molar-refractivity contribution in [1.29, 1.82) is 0 Å². The van der Waals surface area contributed by atoms with Crippen LogP contribution in [0.4, 0.5) is 13.2 Å². The summed E-state index contributed by atoms with van der Waals surface area (Å²) in [5, 5.41) is 6.87. The molecule has 0 aromatic heterocycles. The molecule has 9 heteroatoms. The van der Waals surface area contributed by atoms with Gasteiger partial charge in [0.1, 0.15) is 0 Å². The van der Waals surface area contributed by atoms with Crippen molar-refractivity contribution in [3.63, 3.8) is 0 Å². The van der Waals surface area contributed by atoms with Gasteiger partial charge < -0.3 is 15.4 Å². The van der Waals surface area contributed by atoms with Gasteiger partial charge in [-0.3, -0.25) is 14.8 Å². The smallest absolute Gasteiger partial charge is 0.373 e. The van der Waals surface area contributed by atoms with Gasteiger partial charge in [0.15, 0.2) is 5.96 Å². The van der Waals surface area contributed by atoms with E-state index in [1.54, 1.807) is 19.2 Å². The highest BCUT2D eigenvalue weighted by atomic mass is 19.4. The number of halogens is 3. The second-order valence-electron chi connectivity index (χ2n) is 8.76. The number of morpholine rings is 1. The van der Waals surface area contributed by atoms with Crippen molar-refractivity contribution < 1.29 is 17.9 Å². The third-order valence-electron chi connectivity index (χ3n) is 6.48. The zero-order valence-corrected chi connectivity index (χ0v) is 18.0. The van der Waals surface area contributed by atoms with E-state index in [-0.39, 0.29) is 12.1 Å². The highest BCUT2D eigenvalue weighted by Gasteiger charge is 2.32. The van der Waals surface area contributed by atoms with Crippen LogP contribution in [0.15, 0.2) is 29.3 Å². The quantitative estimate of drug-likeness (QED) is 0.545. The Labute approximate surface area is 181 Å². The Balaban J connectivity index is 1.20. The number of hydrogen-bond acceptors (Lipinski definition) is 4. The summed E-state index contributed by atoms with van der Waals surface area (Å²) in [6.45, 7) is 6.07. The second kappa shape index (κ2) is 9.75. The molecule has 3 saturated heterocycles.